The minimum atomic E-state index is -3.22. The molecule has 1 N–H and O–H groups in total. The van der Waals surface area contributed by atoms with Gasteiger partial charge in [0.1, 0.15) is 0 Å². The summed E-state index contributed by atoms with van der Waals surface area (Å²) in [6, 6.07) is 6.67. The first-order valence-electron chi connectivity index (χ1n) is 7.39. The predicted molar refractivity (Wildman–Crippen MR) is 87.7 cm³/mol. The maximum Gasteiger partial charge on any atom is 0.253 e. The lowest BCUT2D eigenvalue weighted by molar-refractivity contribution is -0.114. The van der Waals surface area contributed by atoms with Crippen LogP contribution in [0.5, 0.6) is 0 Å². The molecular weight excluding hydrogens is 318 g/mol. The Morgan fingerprint density at radius 2 is 1.70 bits per heavy atom. The molecule has 1 fully saturated rings. The molecule has 7 nitrogen and oxygen atoms in total. The Labute approximate surface area is 136 Å². The van der Waals surface area contributed by atoms with Crippen LogP contribution in [0.15, 0.2) is 24.3 Å². The number of anilines is 1. The van der Waals surface area contributed by atoms with Crippen LogP contribution in [0.3, 0.4) is 0 Å². The van der Waals surface area contributed by atoms with Gasteiger partial charge in [-0.15, -0.1) is 0 Å². The summed E-state index contributed by atoms with van der Waals surface area (Å²) in [5.41, 5.74) is 1.15. The minimum Gasteiger partial charge on any atom is -0.337 e. The fourth-order valence-corrected chi connectivity index (χ4v) is 3.38. The molecule has 0 radical (unpaired) electrons. The quantitative estimate of drug-likeness (QED) is 0.880. The first kappa shape index (κ1) is 17.4. The summed E-state index contributed by atoms with van der Waals surface area (Å²) in [6.07, 6.45) is 1.80. The van der Waals surface area contributed by atoms with Crippen molar-refractivity contribution in [2.75, 3.05) is 37.8 Å². The summed E-state index contributed by atoms with van der Waals surface area (Å²) in [4.78, 5) is 25.2. The van der Waals surface area contributed by atoms with Crippen molar-refractivity contribution in [2.45, 2.75) is 13.3 Å². The standard InChI is InChI=1S/C15H21N3O4S/c1-12(19)16-14-6-4-13(5-7-14)15(20)17-8-3-9-18(11-10-17)23(2,21)22/h4-7H,3,8-11H2,1-2H3,(H,16,19). The topological polar surface area (TPSA) is 86.8 Å². The second kappa shape index (κ2) is 7.10. The third-order valence-electron chi connectivity index (χ3n) is 3.66. The number of benzene rings is 1. The number of nitrogens with one attached hydrogen (secondary N) is 1. The molecule has 2 rings (SSSR count). The van der Waals surface area contributed by atoms with Gasteiger partial charge in [0, 0.05) is 44.4 Å². The van der Waals surface area contributed by atoms with Crippen molar-refractivity contribution in [2.24, 2.45) is 0 Å². The molecule has 1 aliphatic rings. The SMILES string of the molecule is CC(=O)Nc1ccc(C(=O)N2CCCN(S(C)(=O)=O)CC2)cc1. The normalized spacial score (nSPS) is 16.7. The maximum absolute atomic E-state index is 12.5. The monoisotopic (exact) mass is 339 g/mol. The second-order valence-corrected chi connectivity index (χ2v) is 7.55. The molecule has 0 aromatic heterocycles. The van der Waals surface area contributed by atoms with E-state index >= 15 is 0 Å². The number of rotatable bonds is 3. The summed E-state index contributed by atoms with van der Waals surface area (Å²) in [7, 11) is -3.22. The van der Waals surface area contributed by atoms with Crippen molar-refractivity contribution in [1.82, 2.24) is 9.21 Å². The van der Waals surface area contributed by atoms with Crippen LogP contribution in [0.1, 0.15) is 23.7 Å². The zero-order valence-corrected chi connectivity index (χ0v) is 14.1. The lowest BCUT2D eigenvalue weighted by Crippen LogP contribution is -2.36. The maximum atomic E-state index is 12.5. The molecule has 1 aromatic carbocycles. The van der Waals surface area contributed by atoms with Gasteiger partial charge in [-0.3, -0.25) is 9.59 Å². The van der Waals surface area contributed by atoms with Gasteiger partial charge in [-0.1, -0.05) is 0 Å². The average molecular weight is 339 g/mol. The minimum absolute atomic E-state index is 0.130. The summed E-state index contributed by atoms with van der Waals surface area (Å²) in [5, 5.41) is 2.65. The van der Waals surface area contributed by atoms with E-state index in [-0.39, 0.29) is 11.8 Å². The van der Waals surface area contributed by atoms with Crippen LogP contribution in [0.2, 0.25) is 0 Å². The highest BCUT2D eigenvalue weighted by Crippen LogP contribution is 2.14. The Hall–Kier alpha value is -1.93. The molecule has 0 saturated carbocycles. The molecule has 8 heteroatoms. The van der Waals surface area contributed by atoms with Crippen LogP contribution in [0, 0.1) is 0 Å². The lowest BCUT2D eigenvalue weighted by Gasteiger charge is -2.21. The van der Waals surface area contributed by atoms with E-state index in [2.05, 4.69) is 5.32 Å². The molecule has 23 heavy (non-hydrogen) atoms. The Morgan fingerprint density at radius 3 is 2.26 bits per heavy atom. The van der Waals surface area contributed by atoms with Crippen LogP contribution in [-0.2, 0) is 14.8 Å². The molecule has 0 unspecified atom stereocenters. The van der Waals surface area contributed by atoms with E-state index in [9.17, 15) is 18.0 Å². The molecule has 2 amide bonds. The van der Waals surface area contributed by atoms with E-state index in [1.165, 1.54) is 17.5 Å². The predicted octanol–water partition coefficient (Wildman–Crippen LogP) is 0.753. The van der Waals surface area contributed by atoms with Crippen molar-refractivity contribution in [1.29, 1.82) is 0 Å². The van der Waals surface area contributed by atoms with Crippen molar-refractivity contribution in [3.8, 4) is 0 Å². The molecule has 1 saturated heterocycles. The molecule has 0 atom stereocenters. The number of carbonyl (C=O) groups is 2. The van der Waals surface area contributed by atoms with E-state index in [1.807, 2.05) is 0 Å². The Morgan fingerprint density at radius 1 is 1.04 bits per heavy atom. The number of carbonyl (C=O) groups excluding carboxylic acids is 2. The van der Waals surface area contributed by atoms with Crippen molar-refractivity contribution in [3.05, 3.63) is 29.8 Å². The van der Waals surface area contributed by atoms with E-state index < -0.39 is 10.0 Å². The van der Waals surface area contributed by atoms with Crippen LogP contribution >= 0.6 is 0 Å². The Kier molecular flexibility index (Phi) is 5.38. The fourth-order valence-electron chi connectivity index (χ4n) is 2.51. The average Bonchev–Trinajstić information content (AvgIpc) is 2.72. The number of sulfonamides is 1. The van der Waals surface area contributed by atoms with Gasteiger partial charge in [0.2, 0.25) is 15.9 Å². The molecule has 1 aliphatic heterocycles. The van der Waals surface area contributed by atoms with Crippen LogP contribution < -0.4 is 5.32 Å². The van der Waals surface area contributed by atoms with Crippen molar-refractivity contribution in [3.63, 3.8) is 0 Å². The second-order valence-electron chi connectivity index (χ2n) is 5.57. The molecular formula is C15H21N3O4S. The van der Waals surface area contributed by atoms with Crippen LogP contribution in [0.25, 0.3) is 0 Å². The van der Waals surface area contributed by atoms with Crippen LogP contribution in [-0.4, -0.2) is 61.9 Å². The highest BCUT2D eigenvalue weighted by Gasteiger charge is 2.24. The van der Waals surface area contributed by atoms with Gasteiger partial charge in [-0.2, -0.15) is 0 Å². The highest BCUT2D eigenvalue weighted by molar-refractivity contribution is 7.88. The smallest absolute Gasteiger partial charge is 0.253 e. The van der Waals surface area contributed by atoms with E-state index in [0.29, 0.717) is 43.9 Å². The molecule has 126 valence electrons. The summed E-state index contributed by atoms with van der Waals surface area (Å²) in [5.74, 6) is -0.299. The van der Waals surface area contributed by atoms with Crippen LogP contribution in [0.4, 0.5) is 5.69 Å². The van der Waals surface area contributed by atoms with Gasteiger partial charge < -0.3 is 10.2 Å². The lowest BCUT2D eigenvalue weighted by atomic mass is 10.1. The summed E-state index contributed by atoms with van der Waals surface area (Å²) in [6.45, 7) is 3.07. The van der Waals surface area contributed by atoms with E-state index in [4.69, 9.17) is 0 Å². The third kappa shape index (κ3) is 4.77. The summed E-state index contributed by atoms with van der Waals surface area (Å²) >= 11 is 0. The first-order valence-corrected chi connectivity index (χ1v) is 9.24. The summed E-state index contributed by atoms with van der Waals surface area (Å²) < 4.78 is 24.6. The zero-order valence-electron chi connectivity index (χ0n) is 13.3. The van der Waals surface area contributed by atoms with Gasteiger partial charge in [0.05, 0.1) is 6.26 Å². The Bertz CT molecular complexity index is 685. The number of nitrogens with zero attached hydrogens (tertiary/aromatic N) is 2. The van der Waals surface area contributed by atoms with Gasteiger partial charge >= 0.3 is 0 Å². The first-order chi connectivity index (χ1) is 10.8. The highest BCUT2D eigenvalue weighted by atomic mass is 32.2. The van der Waals surface area contributed by atoms with Gasteiger partial charge in [0.15, 0.2) is 0 Å². The van der Waals surface area contributed by atoms with E-state index in [1.54, 1.807) is 29.2 Å². The van der Waals surface area contributed by atoms with E-state index in [0.717, 1.165) is 0 Å². The van der Waals surface area contributed by atoms with Crippen molar-refractivity contribution >= 4 is 27.5 Å². The number of amides is 2. The molecule has 1 aromatic rings. The molecule has 1 heterocycles. The number of hydrogen-bond donors (Lipinski definition) is 1. The van der Waals surface area contributed by atoms with Crippen molar-refractivity contribution < 1.29 is 18.0 Å². The van der Waals surface area contributed by atoms with Gasteiger partial charge in [0.25, 0.3) is 5.91 Å². The molecule has 0 aliphatic carbocycles. The number of hydrogen-bond acceptors (Lipinski definition) is 4. The third-order valence-corrected chi connectivity index (χ3v) is 4.97. The zero-order chi connectivity index (χ0) is 17.0. The Balaban J connectivity index is 2.04. The fraction of sp³-hybridized carbons (Fsp3) is 0.467. The molecule has 0 spiro atoms. The largest absolute Gasteiger partial charge is 0.337 e. The van der Waals surface area contributed by atoms with Gasteiger partial charge in [-0.25, -0.2) is 12.7 Å². The van der Waals surface area contributed by atoms with Gasteiger partial charge in [-0.05, 0) is 30.7 Å². The molecule has 0 bridgehead atoms.